The number of amides is 8. The summed E-state index contributed by atoms with van der Waals surface area (Å²) in [5.41, 5.74) is 2.20. The summed E-state index contributed by atoms with van der Waals surface area (Å²) in [5.74, 6) is -3.02. The van der Waals surface area contributed by atoms with Crippen molar-refractivity contribution in [3.8, 4) is 0 Å². The van der Waals surface area contributed by atoms with E-state index >= 15 is 9.59 Å². The zero-order valence-corrected chi connectivity index (χ0v) is 59.2. The van der Waals surface area contributed by atoms with Crippen molar-refractivity contribution in [2.45, 2.75) is 184 Å². The van der Waals surface area contributed by atoms with Crippen LogP contribution in [0.4, 0.5) is 0 Å². The Morgan fingerprint density at radius 3 is 1.60 bits per heavy atom. The number of carbonyl (C=O) groups is 8. The molecule has 4 saturated heterocycles. The molecule has 4 fully saturated rings. The number of likely N-dealkylation sites (N-methyl/N-ethyl adjacent to an activating group) is 2. The Hall–Kier alpha value is -8.46. The summed E-state index contributed by atoms with van der Waals surface area (Å²) in [6.45, 7) is 8.68. The second-order valence-corrected chi connectivity index (χ2v) is 26.8. The third kappa shape index (κ3) is 21.1. The van der Waals surface area contributed by atoms with E-state index in [4.69, 9.17) is 14.2 Å². The first-order valence-corrected chi connectivity index (χ1v) is 36.5. The zero-order valence-electron chi connectivity index (χ0n) is 59.2. The van der Waals surface area contributed by atoms with E-state index in [0.717, 1.165) is 11.1 Å². The molecule has 4 aromatic carbocycles. The number of aromatic nitrogens is 3. The number of rotatable bonds is 40. The number of ether oxygens (including phenoxy) is 3. The van der Waals surface area contributed by atoms with Crippen molar-refractivity contribution in [1.29, 1.82) is 0 Å². The van der Waals surface area contributed by atoms with E-state index in [2.05, 4.69) is 70.3 Å². The Balaban J connectivity index is 0.677. The molecule has 4 aliphatic heterocycles. The van der Waals surface area contributed by atoms with Gasteiger partial charge in [-0.2, -0.15) is 0 Å². The van der Waals surface area contributed by atoms with Crippen LogP contribution < -0.4 is 47.9 Å². The fourth-order valence-electron chi connectivity index (χ4n) is 14.6. The van der Waals surface area contributed by atoms with Gasteiger partial charge < -0.3 is 71.9 Å². The second kappa shape index (κ2) is 39.7. The van der Waals surface area contributed by atoms with Crippen LogP contribution in [0.3, 0.4) is 0 Å². The van der Waals surface area contributed by atoms with Crippen LogP contribution in [0.1, 0.15) is 132 Å². The second-order valence-electron chi connectivity index (χ2n) is 26.8. The lowest BCUT2D eigenvalue weighted by Crippen LogP contribution is -2.62. The van der Waals surface area contributed by atoms with Crippen LogP contribution >= 0.6 is 0 Å². The molecular weight excluding hydrogens is 1280 g/mol. The normalized spacial score (nSPS) is 21.1. The molecule has 10 atom stereocenters. The van der Waals surface area contributed by atoms with Gasteiger partial charge in [0.05, 0.1) is 44.2 Å². The molecule has 101 heavy (non-hydrogen) atoms. The van der Waals surface area contributed by atoms with E-state index in [1.54, 1.807) is 28.6 Å². The Kier molecular flexibility index (Phi) is 30.1. The van der Waals surface area contributed by atoms with Crippen molar-refractivity contribution in [2.24, 2.45) is 11.8 Å². The summed E-state index contributed by atoms with van der Waals surface area (Å²) in [7, 11) is 3.43. The van der Waals surface area contributed by atoms with E-state index in [1.165, 1.54) is 0 Å². The SMILES string of the molecule is CC[C@H](NC)C(=O)N[C@@H]1C(=O)N2[C@@H](CC[C@@H]1CNC(=O)CCc1cn(CCCOCCOCCOCCCNC(=O)C(NC(=O)[C@@H]3CC[C@@H]4CC[C@H](CCNCc5ccccc5)[C@H](NC(=O)[C@H](CC)NC)C(=O)N43)(c3ccccc3)c3ccccc3)nn1)CC[C@H]2C(=O)NCc1ccccc1. The molecule has 5 aromatic rings. The molecule has 25 heteroatoms. The molecule has 1 aromatic heterocycles. The van der Waals surface area contributed by atoms with Crippen LogP contribution in [0, 0.1) is 11.8 Å². The fourth-order valence-corrected chi connectivity index (χ4v) is 14.6. The van der Waals surface area contributed by atoms with Crippen LogP contribution in [0.15, 0.2) is 128 Å². The van der Waals surface area contributed by atoms with Gasteiger partial charge in [-0.1, -0.05) is 140 Å². The molecule has 0 radical (unpaired) electrons. The summed E-state index contributed by atoms with van der Waals surface area (Å²) in [6.07, 6.45) is 9.99. The highest BCUT2D eigenvalue weighted by molar-refractivity contribution is 5.99. The average Bonchev–Trinajstić information content (AvgIpc) is 1.74. The number of benzene rings is 4. The third-order valence-electron chi connectivity index (χ3n) is 20.2. The fraction of sp³-hybridized carbons (Fsp3) is 0.553. The number of hydrogen-bond acceptors (Lipinski definition) is 16. The van der Waals surface area contributed by atoms with Gasteiger partial charge in [0.15, 0.2) is 5.54 Å². The number of nitrogens with one attached hydrogen (secondary N) is 9. The zero-order chi connectivity index (χ0) is 71.4. The maximum atomic E-state index is 15.1. The minimum Gasteiger partial charge on any atom is -0.379 e. The minimum absolute atomic E-state index is 0.147. The molecule has 0 bridgehead atoms. The van der Waals surface area contributed by atoms with Crippen LogP contribution in [0.5, 0.6) is 0 Å². The van der Waals surface area contributed by atoms with Crippen molar-refractivity contribution in [3.05, 3.63) is 155 Å². The molecule has 5 heterocycles. The summed E-state index contributed by atoms with van der Waals surface area (Å²) < 4.78 is 19.2. The standard InChI is InChI=1S/C76H106N14O11/c1-5-62(77-3)69(92)83-67-55(39-41-79-49-53-21-11-7-12-22-53)29-32-60-35-37-65(90(60)73(67)96)72(95)85-76(57-25-15-9-16-26-57,58-27-17-10-18-28-58)75(98)80-40-19-43-99-45-47-101-48-46-100-44-20-42-88-52-59(86-87-88)31-38-66(91)81-51-56-30-33-61-34-36-64(71(94)82-50-54-23-13-8-14-24-54)89(61)74(97)68(56)84-70(93)63(6-2)78-4/h7-18,21-28,52,55-56,60-65,67-68,77-79H,5-6,19-20,29-51H2,1-4H3,(H,80,98)(H,81,91)(H,82,94)(H,83,92)(H,84,93)(H,85,95)/t55-,56-,60+,61+,62+,63+,64+,65+,67+,68+/m1/s1. The first-order chi connectivity index (χ1) is 49.3. The molecule has 9 rings (SSSR count). The predicted octanol–water partition coefficient (Wildman–Crippen LogP) is 4.33. The number of nitrogens with zero attached hydrogens (tertiary/aromatic N) is 5. The molecule has 0 unspecified atom stereocenters. The molecule has 0 saturated carbocycles. The lowest BCUT2D eigenvalue weighted by Gasteiger charge is -2.38. The van der Waals surface area contributed by atoms with Crippen molar-refractivity contribution in [3.63, 3.8) is 0 Å². The smallest absolute Gasteiger partial charge is 0.255 e. The predicted molar refractivity (Wildman–Crippen MR) is 382 cm³/mol. The van der Waals surface area contributed by atoms with Gasteiger partial charge in [-0.3, -0.25) is 43.0 Å². The van der Waals surface area contributed by atoms with Crippen molar-refractivity contribution in [1.82, 2.24) is 72.6 Å². The molecule has 25 nitrogen and oxygen atoms in total. The summed E-state index contributed by atoms with van der Waals surface area (Å²) in [6, 6.07) is 33.4. The van der Waals surface area contributed by atoms with Crippen LogP contribution in [-0.2, 0) is 84.2 Å². The molecule has 546 valence electrons. The minimum atomic E-state index is -1.67. The van der Waals surface area contributed by atoms with Gasteiger partial charge in [0.1, 0.15) is 24.2 Å². The van der Waals surface area contributed by atoms with Gasteiger partial charge in [-0.25, -0.2) is 0 Å². The van der Waals surface area contributed by atoms with Gasteiger partial charge in [-0.05, 0) is 132 Å². The Morgan fingerprint density at radius 1 is 0.554 bits per heavy atom. The largest absolute Gasteiger partial charge is 0.379 e. The Labute approximate surface area is 594 Å². The molecule has 4 aliphatic rings. The molecule has 0 spiro atoms. The van der Waals surface area contributed by atoms with E-state index < -0.39 is 53.6 Å². The highest BCUT2D eigenvalue weighted by Crippen LogP contribution is 2.38. The van der Waals surface area contributed by atoms with Crippen LogP contribution in [0.25, 0.3) is 0 Å². The van der Waals surface area contributed by atoms with Gasteiger partial charge in [-0.15, -0.1) is 5.10 Å². The first-order valence-electron chi connectivity index (χ1n) is 36.5. The van der Waals surface area contributed by atoms with Crippen molar-refractivity contribution in [2.75, 3.05) is 73.4 Å². The van der Waals surface area contributed by atoms with Gasteiger partial charge in [0, 0.05) is 83.0 Å². The van der Waals surface area contributed by atoms with E-state index in [1.807, 2.05) is 129 Å². The summed E-state index contributed by atoms with van der Waals surface area (Å²) in [4.78, 5) is 117. The molecule has 0 aliphatic carbocycles. The monoisotopic (exact) mass is 1390 g/mol. The lowest BCUT2D eigenvalue weighted by atomic mass is 9.81. The van der Waals surface area contributed by atoms with E-state index in [0.29, 0.717) is 173 Å². The topological polar surface area (TPSA) is 310 Å². The Morgan fingerprint density at radius 2 is 1.05 bits per heavy atom. The first kappa shape index (κ1) is 76.7. The summed E-state index contributed by atoms with van der Waals surface area (Å²) in [5, 5.41) is 36.7. The molecule has 8 amide bonds. The van der Waals surface area contributed by atoms with E-state index in [9.17, 15) is 28.8 Å². The highest BCUT2D eigenvalue weighted by atomic mass is 16.5. The van der Waals surface area contributed by atoms with Crippen molar-refractivity contribution < 1.29 is 52.6 Å². The quantitative estimate of drug-likeness (QED) is 0.0247. The third-order valence-corrected chi connectivity index (χ3v) is 20.2. The van der Waals surface area contributed by atoms with Gasteiger partial charge in [0.2, 0.25) is 41.4 Å². The molecule has 9 N–H and O–H groups in total. The summed E-state index contributed by atoms with van der Waals surface area (Å²) >= 11 is 0. The van der Waals surface area contributed by atoms with Crippen LogP contribution in [-0.4, -0.2) is 194 Å². The number of aryl methyl sites for hydroxylation is 2. The lowest BCUT2D eigenvalue weighted by molar-refractivity contribution is -0.145. The number of fused-ring (bicyclic) bond motifs is 2. The molecular formula is C76H106N14O11. The Bertz CT molecular complexity index is 3380. The van der Waals surface area contributed by atoms with Crippen molar-refractivity contribution >= 4 is 47.3 Å². The van der Waals surface area contributed by atoms with Crippen LogP contribution in [0.2, 0.25) is 0 Å². The highest BCUT2D eigenvalue weighted by Gasteiger charge is 2.52. The van der Waals surface area contributed by atoms with Gasteiger partial charge >= 0.3 is 0 Å². The van der Waals surface area contributed by atoms with E-state index in [-0.39, 0.29) is 78.9 Å². The maximum absolute atomic E-state index is 15.1. The number of carbonyl (C=O) groups excluding carboxylic acids is 8. The maximum Gasteiger partial charge on any atom is 0.255 e. The van der Waals surface area contributed by atoms with Gasteiger partial charge in [0.25, 0.3) is 5.91 Å². The average molecular weight is 1390 g/mol. The number of hydrogen-bond donors (Lipinski definition) is 9.